The fourth-order valence-corrected chi connectivity index (χ4v) is 4.02. The third kappa shape index (κ3) is 3.02. The number of hydrogen-bond donors (Lipinski definition) is 1. The predicted octanol–water partition coefficient (Wildman–Crippen LogP) is 0.584. The van der Waals surface area contributed by atoms with E-state index in [-0.39, 0.29) is 37.7 Å². The van der Waals surface area contributed by atoms with Crippen LogP contribution < -0.4 is 5.76 Å². The Hall–Kier alpha value is -2.33. The summed E-state index contributed by atoms with van der Waals surface area (Å²) in [6.45, 7) is 2.89. The van der Waals surface area contributed by atoms with Crippen molar-refractivity contribution in [2.24, 2.45) is 0 Å². The van der Waals surface area contributed by atoms with E-state index in [2.05, 4.69) is 4.98 Å². The molecule has 1 amide bonds. The number of sulfonamides is 1. The minimum absolute atomic E-state index is 0.0663. The average molecular weight is 355 g/mol. The molecule has 130 valence electrons. The first-order valence-corrected chi connectivity index (χ1v) is 8.90. The van der Waals surface area contributed by atoms with Gasteiger partial charge in [0.1, 0.15) is 0 Å². The first kappa shape index (κ1) is 16.5. The number of rotatable bonds is 3. The summed E-state index contributed by atoms with van der Waals surface area (Å²) in [6, 6.07) is 4.20. The topological polar surface area (TPSA) is 113 Å². The van der Waals surface area contributed by atoms with Crippen LogP contribution >= 0.6 is 0 Å². The molecule has 2 aromatic rings. The maximum absolute atomic E-state index is 12.7. The van der Waals surface area contributed by atoms with Crippen molar-refractivity contribution >= 4 is 27.2 Å². The van der Waals surface area contributed by atoms with Gasteiger partial charge in [-0.3, -0.25) is 4.98 Å². The van der Waals surface area contributed by atoms with E-state index < -0.39 is 21.9 Å². The van der Waals surface area contributed by atoms with Crippen molar-refractivity contribution in [2.75, 3.05) is 32.8 Å². The SMILES string of the molecule is CCOC(=O)N1CCN(S(=O)(=O)c2ccc3oc(=O)[nH]c3c2)CC1. The zero-order valence-electron chi connectivity index (χ0n) is 13.0. The summed E-state index contributed by atoms with van der Waals surface area (Å²) < 4.78 is 36.5. The van der Waals surface area contributed by atoms with Crippen LogP contribution in [0.15, 0.2) is 32.3 Å². The minimum Gasteiger partial charge on any atom is -0.450 e. The first-order valence-electron chi connectivity index (χ1n) is 7.46. The van der Waals surface area contributed by atoms with Crippen LogP contribution in [-0.4, -0.2) is 61.5 Å². The van der Waals surface area contributed by atoms with Crippen molar-refractivity contribution in [2.45, 2.75) is 11.8 Å². The lowest BCUT2D eigenvalue weighted by atomic mass is 10.3. The van der Waals surface area contributed by atoms with Gasteiger partial charge >= 0.3 is 11.8 Å². The number of aromatic amines is 1. The van der Waals surface area contributed by atoms with Gasteiger partial charge in [0.25, 0.3) is 0 Å². The molecular formula is C14H17N3O6S. The second-order valence-corrected chi connectivity index (χ2v) is 7.20. The zero-order chi connectivity index (χ0) is 17.3. The van der Waals surface area contributed by atoms with E-state index in [4.69, 9.17) is 9.15 Å². The molecule has 1 fully saturated rings. The number of oxazole rings is 1. The van der Waals surface area contributed by atoms with Gasteiger partial charge in [-0.05, 0) is 25.1 Å². The Morgan fingerprint density at radius 2 is 2.00 bits per heavy atom. The summed E-state index contributed by atoms with van der Waals surface area (Å²) in [5.74, 6) is -0.636. The Morgan fingerprint density at radius 1 is 1.29 bits per heavy atom. The summed E-state index contributed by atoms with van der Waals surface area (Å²) in [5, 5.41) is 0. The van der Waals surface area contributed by atoms with E-state index in [9.17, 15) is 18.0 Å². The number of fused-ring (bicyclic) bond motifs is 1. The van der Waals surface area contributed by atoms with Crippen LogP contribution in [0, 0.1) is 0 Å². The minimum atomic E-state index is -3.71. The maximum Gasteiger partial charge on any atom is 0.417 e. The Kier molecular flexibility index (Phi) is 4.33. The molecule has 0 spiro atoms. The van der Waals surface area contributed by atoms with Gasteiger partial charge in [0.15, 0.2) is 5.58 Å². The molecule has 0 bridgehead atoms. The van der Waals surface area contributed by atoms with Gasteiger partial charge in [-0.25, -0.2) is 18.0 Å². The quantitative estimate of drug-likeness (QED) is 0.862. The van der Waals surface area contributed by atoms with E-state index in [1.807, 2.05) is 0 Å². The van der Waals surface area contributed by atoms with Gasteiger partial charge in [-0.2, -0.15) is 4.31 Å². The van der Waals surface area contributed by atoms with E-state index in [1.165, 1.54) is 27.4 Å². The lowest BCUT2D eigenvalue weighted by Crippen LogP contribution is -2.50. The number of hydrogen-bond acceptors (Lipinski definition) is 6. The smallest absolute Gasteiger partial charge is 0.417 e. The standard InChI is InChI=1S/C14H17N3O6S/c1-2-22-14(19)16-5-7-17(8-6-16)24(20,21)10-3-4-12-11(9-10)15-13(18)23-12/h3-4,9H,2,5-8H2,1H3,(H,15,18). The molecule has 1 N–H and O–H groups in total. The number of aromatic nitrogens is 1. The molecule has 1 aromatic carbocycles. The number of nitrogens with zero attached hydrogens (tertiary/aromatic N) is 2. The molecule has 0 saturated carbocycles. The highest BCUT2D eigenvalue weighted by Crippen LogP contribution is 2.21. The molecule has 1 aliphatic heterocycles. The largest absolute Gasteiger partial charge is 0.450 e. The summed E-state index contributed by atoms with van der Waals surface area (Å²) >= 11 is 0. The van der Waals surface area contributed by atoms with Gasteiger partial charge in [0.05, 0.1) is 17.0 Å². The van der Waals surface area contributed by atoms with Crippen molar-refractivity contribution < 1.29 is 22.4 Å². The summed E-state index contributed by atoms with van der Waals surface area (Å²) in [6.07, 6.45) is -0.438. The summed E-state index contributed by atoms with van der Waals surface area (Å²) in [7, 11) is -3.71. The van der Waals surface area contributed by atoms with Gasteiger partial charge in [-0.15, -0.1) is 0 Å². The third-order valence-electron chi connectivity index (χ3n) is 3.79. The highest BCUT2D eigenvalue weighted by atomic mass is 32.2. The number of carbonyl (C=O) groups excluding carboxylic acids is 1. The molecule has 9 nitrogen and oxygen atoms in total. The number of amides is 1. The normalized spacial score (nSPS) is 16.5. The Morgan fingerprint density at radius 3 is 2.67 bits per heavy atom. The molecule has 2 heterocycles. The second kappa shape index (κ2) is 6.29. The molecule has 0 radical (unpaired) electrons. The zero-order valence-corrected chi connectivity index (χ0v) is 13.8. The van der Waals surface area contributed by atoms with Crippen molar-refractivity contribution in [1.29, 1.82) is 0 Å². The van der Waals surface area contributed by atoms with Gasteiger partial charge in [0, 0.05) is 26.2 Å². The number of H-pyrrole nitrogens is 1. The lowest BCUT2D eigenvalue weighted by molar-refractivity contribution is 0.0934. The molecular weight excluding hydrogens is 338 g/mol. The van der Waals surface area contributed by atoms with Crippen LogP contribution in [0.25, 0.3) is 11.1 Å². The van der Waals surface area contributed by atoms with E-state index in [1.54, 1.807) is 6.92 Å². The predicted molar refractivity (Wildman–Crippen MR) is 84.2 cm³/mol. The molecule has 0 aliphatic carbocycles. The molecule has 0 atom stereocenters. The van der Waals surface area contributed by atoms with E-state index >= 15 is 0 Å². The highest BCUT2D eigenvalue weighted by Gasteiger charge is 2.30. The Bertz CT molecular complexity index is 908. The van der Waals surface area contributed by atoms with Crippen molar-refractivity contribution in [3.8, 4) is 0 Å². The van der Waals surface area contributed by atoms with E-state index in [0.717, 1.165) is 0 Å². The van der Waals surface area contributed by atoms with Crippen LogP contribution in [0.2, 0.25) is 0 Å². The fraction of sp³-hybridized carbons (Fsp3) is 0.429. The van der Waals surface area contributed by atoms with Crippen LogP contribution in [0.1, 0.15) is 6.92 Å². The summed E-state index contributed by atoms with van der Waals surface area (Å²) in [5.41, 5.74) is 0.623. The molecule has 1 saturated heterocycles. The Labute approximate surface area is 137 Å². The Balaban J connectivity index is 1.78. The van der Waals surface area contributed by atoms with Crippen LogP contribution in [0.3, 0.4) is 0 Å². The first-order chi connectivity index (χ1) is 11.4. The van der Waals surface area contributed by atoms with Crippen LogP contribution in [0.4, 0.5) is 4.79 Å². The summed E-state index contributed by atoms with van der Waals surface area (Å²) in [4.78, 5) is 26.8. The fourth-order valence-electron chi connectivity index (χ4n) is 2.57. The second-order valence-electron chi connectivity index (χ2n) is 5.26. The monoisotopic (exact) mass is 355 g/mol. The number of piperazine rings is 1. The molecule has 10 heteroatoms. The number of nitrogens with one attached hydrogen (secondary N) is 1. The van der Waals surface area contributed by atoms with Gasteiger partial charge < -0.3 is 14.1 Å². The molecule has 3 rings (SSSR count). The number of carbonyl (C=O) groups is 1. The molecule has 1 aromatic heterocycles. The lowest BCUT2D eigenvalue weighted by Gasteiger charge is -2.33. The van der Waals surface area contributed by atoms with E-state index in [0.29, 0.717) is 11.1 Å². The molecule has 0 unspecified atom stereocenters. The third-order valence-corrected chi connectivity index (χ3v) is 5.69. The maximum atomic E-state index is 12.7. The highest BCUT2D eigenvalue weighted by molar-refractivity contribution is 7.89. The van der Waals surface area contributed by atoms with Crippen molar-refractivity contribution in [3.05, 3.63) is 28.7 Å². The van der Waals surface area contributed by atoms with Gasteiger partial charge in [-0.1, -0.05) is 0 Å². The average Bonchev–Trinajstić information content (AvgIpc) is 2.94. The number of ether oxygens (including phenoxy) is 1. The number of benzene rings is 1. The van der Waals surface area contributed by atoms with Crippen molar-refractivity contribution in [3.63, 3.8) is 0 Å². The van der Waals surface area contributed by atoms with Crippen LogP contribution in [-0.2, 0) is 14.8 Å². The van der Waals surface area contributed by atoms with Crippen molar-refractivity contribution in [1.82, 2.24) is 14.2 Å². The van der Waals surface area contributed by atoms with Crippen LogP contribution in [0.5, 0.6) is 0 Å². The molecule has 1 aliphatic rings. The van der Waals surface area contributed by atoms with Gasteiger partial charge in [0.2, 0.25) is 10.0 Å². The molecule has 24 heavy (non-hydrogen) atoms.